The van der Waals surface area contributed by atoms with Crippen molar-refractivity contribution in [1.29, 1.82) is 0 Å². The molecule has 0 aromatic heterocycles. The van der Waals surface area contributed by atoms with Gasteiger partial charge in [0.2, 0.25) is 5.91 Å². The van der Waals surface area contributed by atoms with Crippen LogP contribution in [0.2, 0.25) is 0 Å². The van der Waals surface area contributed by atoms with Gasteiger partial charge >= 0.3 is 0 Å². The maximum absolute atomic E-state index is 13.0. The van der Waals surface area contributed by atoms with E-state index in [0.29, 0.717) is 32.6 Å². The number of aliphatic imine (C=N–C) groups is 1. The molecule has 0 spiro atoms. The molecule has 1 N–H and O–H groups in total. The van der Waals surface area contributed by atoms with Gasteiger partial charge in [-0.25, -0.2) is 4.39 Å². The third-order valence-corrected chi connectivity index (χ3v) is 4.95. The fourth-order valence-corrected chi connectivity index (χ4v) is 3.43. The quantitative estimate of drug-likeness (QED) is 0.474. The second kappa shape index (κ2) is 9.35. The van der Waals surface area contributed by atoms with E-state index < -0.39 is 0 Å². The first-order valence-corrected chi connectivity index (χ1v) is 9.57. The maximum atomic E-state index is 13.0. The highest BCUT2D eigenvalue weighted by Crippen LogP contribution is 2.22. The largest absolute Gasteiger partial charge is 0.356 e. The molecule has 0 bridgehead atoms. The van der Waals surface area contributed by atoms with Crippen LogP contribution in [0, 0.1) is 5.82 Å². The summed E-state index contributed by atoms with van der Waals surface area (Å²) in [4.78, 5) is 20.6. The zero-order valence-electron chi connectivity index (χ0n) is 16.5. The van der Waals surface area contributed by atoms with E-state index in [0.717, 1.165) is 17.9 Å². The summed E-state index contributed by atoms with van der Waals surface area (Å²) < 4.78 is 13.0. The summed E-state index contributed by atoms with van der Waals surface area (Å²) in [7, 11) is 3.67. The second-order valence-corrected chi connectivity index (χ2v) is 7.08. The Morgan fingerprint density at radius 1 is 1.14 bits per heavy atom. The third-order valence-electron chi connectivity index (χ3n) is 4.95. The molecule has 1 heterocycles. The van der Waals surface area contributed by atoms with Crippen molar-refractivity contribution in [2.24, 2.45) is 4.99 Å². The van der Waals surface area contributed by atoms with Gasteiger partial charge in [-0.15, -0.1) is 0 Å². The summed E-state index contributed by atoms with van der Waals surface area (Å²) in [6.07, 6.45) is 1.26. The number of hydrogen-bond donors (Lipinski definition) is 1. The Labute approximate surface area is 165 Å². The number of nitrogens with one attached hydrogen (secondary N) is 1. The lowest BCUT2D eigenvalue weighted by Crippen LogP contribution is -2.39. The summed E-state index contributed by atoms with van der Waals surface area (Å²) in [6.45, 7) is 2.73. The molecule has 0 saturated heterocycles. The van der Waals surface area contributed by atoms with Crippen LogP contribution in [0.5, 0.6) is 0 Å². The number of nitrogens with zero attached hydrogens (tertiary/aromatic N) is 3. The molecule has 3 rings (SSSR count). The van der Waals surface area contributed by atoms with E-state index in [1.165, 1.54) is 23.3 Å². The number of halogens is 1. The van der Waals surface area contributed by atoms with Gasteiger partial charge in [-0.1, -0.05) is 36.4 Å². The predicted molar refractivity (Wildman–Crippen MR) is 109 cm³/mol. The fraction of sp³-hybridized carbons (Fsp3) is 0.364. The van der Waals surface area contributed by atoms with Gasteiger partial charge in [-0.3, -0.25) is 9.79 Å². The number of rotatable bonds is 6. The number of amides is 1. The van der Waals surface area contributed by atoms with Crippen LogP contribution in [0.4, 0.5) is 4.39 Å². The van der Waals surface area contributed by atoms with Crippen molar-refractivity contribution in [1.82, 2.24) is 15.1 Å². The van der Waals surface area contributed by atoms with Gasteiger partial charge in [0.05, 0.1) is 0 Å². The van der Waals surface area contributed by atoms with Crippen LogP contribution in [0.1, 0.15) is 29.5 Å². The van der Waals surface area contributed by atoms with Gasteiger partial charge in [0.15, 0.2) is 5.96 Å². The SMILES string of the molecule is CN=C(NCCCC(=O)N1Cc2ccccc2C1)N(C)Cc1ccc(F)cc1. The summed E-state index contributed by atoms with van der Waals surface area (Å²) >= 11 is 0. The lowest BCUT2D eigenvalue weighted by molar-refractivity contribution is -0.131. The van der Waals surface area contributed by atoms with E-state index >= 15 is 0 Å². The third kappa shape index (κ3) is 5.09. The fourth-order valence-electron chi connectivity index (χ4n) is 3.43. The van der Waals surface area contributed by atoms with E-state index in [1.54, 1.807) is 19.2 Å². The van der Waals surface area contributed by atoms with Crippen molar-refractivity contribution in [3.05, 3.63) is 71.0 Å². The molecule has 0 unspecified atom stereocenters. The minimum atomic E-state index is -0.236. The van der Waals surface area contributed by atoms with Gasteiger partial charge in [0, 0.05) is 46.7 Å². The Morgan fingerprint density at radius 3 is 2.39 bits per heavy atom. The average Bonchev–Trinajstić information content (AvgIpc) is 3.14. The van der Waals surface area contributed by atoms with Crippen molar-refractivity contribution < 1.29 is 9.18 Å². The highest BCUT2D eigenvalue weighted by molar-refractivity contribution is 5.80. The van der Waals surface area contributed by atoms with Crippen molar-refractivity contribution in [2.45, 2.75) is 32.5 Å². The van der Waals surface area contributed by atoms with Gasteiger partial charge in [0.25, 0.3) is 0 Å². The van der Waals surface area contributed by atoms with E-state index in [1.807, 2.05) is 29.0 Å². The van der Waals surface area contributed by atoms with Crippen LogP contribution in [-0.4, -0.2) is 42.3 Å². The molecule has 0 saturated carbocycles. The Balaban J connectivity index is 1.40. The van der Waals surface area contributed by atoms with Crippen molar-refractivity contribution >= 4 is 11.9 Å². The Kier molecular flexibility index (Phi) is 6.63. The van der Waals surface area contributed by atoms with E-state index in [9.17, 15) is 9.18 Å². The van der Waals surface area contributed by atoms with Crippen molar-refractivity contribution in [3.8, 4) is 0 Å². The molecule has 5 nitrogen and oxygen atoms in total. The van der Waals surface area contributed by atoms with E-state index in [2.05, 4.69) is 22.4 Å². The molecular weight excluding hydrogens is 355 g/mol. The second-order valence-electron chi connectivity index (χ2n) is 7.08. The van der Waals surface area contributed by atoms with Crippen LogP contribution in [0.15, 0.2) is 53.5 Å². The first-order valence-electron chi connectivity index (χ1n) is 9.57. The maximum Gasteiger partial charge on any atom is 0.223 e. The number of carbonyl (C=O) groups is 1. The Bertz CT molecular complexity index is 810. The lowest BCUT2D eigenvalue weighted by Gasteiger charge is -2.22. The zero-order chi connectivity index (χ0) is 19.9. The summed E-state index contributed by atoms with van der Waals surface area (Å²) in [5.74, 6) is 0.706. The van der Waals surface area contributed by atoms with E-state index in [4.69, 9.17) is 0 Å². The molecule has 0 atom stereocenters. The average molecular weight is 382 g/mol. The molecule has 2 aromatic carbocycles. The van der Waals surface area contributed by atoms with Crippen molar-refractivity contribution in [3.63, 3.8) is 0 Å². The lowest BCUT2D eigenvalue weighted by atomic mass is 10.1. The molecule has 148 valence electrons. The highest BCUT2D eigenvalue weighted by atomic mass is 19.1. The minimum Gasteiger partial charge on any atom is -0.356 e. The highest BCUT2D eigenvalue weighted by Gasteiger charge is 2.22. The summed E-state index contributed by atoms with van der Waals surface area (Å²) in [5, 5.41) is 3.30. The standard InChI is InChI=1S/C22H27FN4O/c1-24-22(26(2)14-17-9-11-20(23)12-10-17)25-13-5-8-21(28)27-15-18-6-3-4-7-19(18)16-27/h3-4,6-7,9-12H,5,8,13-16H2,1-2H3,(H,24,25). The molecule has 28 heavy (non-hydrogen) atoms. The molecule has 0 fully saturated rings. The molecule has 1 amide bonds. The van der Waals surface area contributed by atoms with Gasteiger partial charge in [-0.05, 0) is 35.2 Å². The normalized spacial score (nSPS) is 13.4. The molecule has 1 aliphatic rings. The number of carbonyl (C=O) groups excluding carboxylic acids is 1. The number of guanidine groups is 1. The molecule has 1 aliphatic heterocycles. The molecule has 0 radical (unpaired) electrons. The number of benzene rings is 2. The molecule has 2 aromatic rings. The molecular formula is C22H27FN4O. The van der Waals surface area contributed by atoms with Crippen LogP contribution >= 0.6 is 0 Å². The smallest absolute Gasteiger partial charge is 0.223 e. The van der Waals surface area contributed by atoms with Gasteiger partial charge in [0.1, 0.15) is 5.82 Å². The summed E-state index contributed by atoms with van der Waals surface area (Å²) in [5.41, 5.74) is 3.50. The van der Waals surface area contributed by atoms with Crippen LogP contribution in [0.3, 0.4) is 0 Å². The van der Waals surface area contributed by atoms with Gasteiger partial charge < -0.3 is 15.1 Å². The van der Waals surface area contributed by atoms with Crippen LogP contribution in [0.25, 0.3) is 0 Å². The predicted octanol–water partition coefficient (Wildman–Crippen LogP) is 3.16. The molecule has 0 aliphatic carbocycles. The summed E-state index contributed by atoms with van der Waals surface area (Å²) in [6, 6.07) is 14.7. The monoisotopic (exact) mass is 382 g/mol. The van der Waals surface area contributed by atoms with Gasteiger partial charge in [-0.2, -0.15) is 0 Å². The molecule has 6 heteroatoms. The van der Waals surface area contributed by atoms with Crippen molar-refractivity contribution in [2.75, 3.05) is 20.6 Å². The number of fused-ring (bicyclic) bond motifs is 1. The zero-order valence-corrected chi connectivity index (χ0v) is 16.5. The van der Waals surface area contributed by atoms with Crippen LogP contribution < -0.4 is 5.32 Å². The van der Waals surface area contributed by atoms with Crippen LogP contribution in [-0.2, 0) is 24.4 Å². The Hall–Kier alpha value is -2.89. The number of hydrogen-bond acceptors (Lipinski definition) is 2. The minimum absolute atomic E-state index is 0.188. The first kappa shape index (κ1) is 19.9. The Morgan fingerprint density at radius 2 is 1.79 bits per heavy atom. The topological polar surface area (TPSA) is 47.9 Å². The van der Waals surface area contributed by atoms with E-state index in [-0.39, 0.29) is 11.7 Å². The first-order chi connectivity index (χ1) is 13.6.